The molecular formula is C25H23N3O4. The lowest BCUT2D eigenvalue weighted by Crippen LogP contribution is -2.46. The zero-order valence-corrected chi connectivity index (χ0v) is 17.7. The van der Waals surface area contributed by atoms with Gasteiger partial charge in [-0.15, -0.1) is 0 Å². The van der Waals surface area contributed by atoms with Crippen molar-refractivity contribution in [3.63, 3.8) is 0 Å². The Balaban J connectivity index is 1.64. The highest BCUT2D eigenvalue weighted by molar-refractivity contribution is 6.07. The van der Waals surface area contributed by atoms with Gasteiger partial charge in [-0.1, -0.05) is 42.5 Å². The molecule has 0 radical (unpaired) electrons. The average molecular weight is 429 g/mol. The molecule has 0 spiro atoms. The van der Waals surface area contributed by atoms with Crippen molar-refractivity contribution < 1.29 is 19.1 Å². The van der Waals surface area contributed by atoms with Gasteiger partial charge in [0.05, 0.1) is 24.4 Å². The van der Waals surface area contributed by atoms with Crippen molar-refractivity contribution in [2.24, 2.45) is 0 Å². The first-order valence-corrected chi connectivity index (χ1v) is 10.1. The second-order valence-electron chi connectivity index (χ2n) is 7.21. The summed E-state index contributed by atoms with van der Waals surface area (Å²) >= 11 is 0. The second-order valence-corrected chi connectivity index (χ2v) is 7.21. The molecule has 0 aliphatic carbocycles. The summed E-state index contributed by atoms with van der Waals surface area (Å²) in [4.78, 5) is 25.5. The Kier molecular flexibility index (Phi) is 6.07. The van der Waals surface area contributed by atoms with E-state index in [1.165, 1.54) is 0 Å². The van der Waals surface area contributed by atoms with Crippen molar-refractivity contribution >= 4 is 17.6 Å². The molecule has 0 fully saturated rings. The van der Waals surface area contributed by atoms with E-state index in [1.54, 1.807) is 26.2 Å². The van der Waals surface area contributed by atoms with Crippen molar-refractivity contribution in [3.8, 4) is 17.2 Å². The van der Waals surface area contributed by atoms with Crippen molar-refractivity contribution in [1.29, 1.82) is 0 Å². The predicted octanol–water partition coefficient (Wildman–Crippen LogP) is 4.75. The molecule has 0 saturated carbocycles. The molecule has 1 heterocycles. The summed E-state index contributed by atoms with van der Waals surface area (Å²) in [5, 5.41) is 8.42. The van der Waals surface area contributed by atoms with Crippen LogP contribution in [0.3, 0.4) is 0 Å². The van der Waals surface area contributed by atoms with Crippen LogP contribution < -0.4 is 25.4 Å². The minimum atomic E-state index is -0.655. The van der Waals surface area contributed by atoms with Crippen molar-refractivity contribution in [2.45, 2.75) is 13.0 Å². The van der Waals surface area contributed by atoms with Crippen molar-refractivity contribution in [1.82, 2.24) is 10.6 Å². The molecule has 7 heteroatoms. The van der Waals surface area contributed by atoms with E-state index in [1.807, 2.05) is 66.7 Å². The number of hydrogen-bond acceptors (Lipinski definition) is 4. The van der Waals surface area contributed by atoms with Gasteiger partial charge in [0.2, 0.25) is 0 Å². The highest BCUT2D eigenvalue weighted by atomic mass is 16.5. The summed E-state index contributed by atoms with van der Waals surface area (Å²) in [6.45, 7) is 1.70. The predicted molar refractivity (Wildman–Crippen MR) is 122 cm³/mol. The van der Waals surface area contributed by atoms with Gasteiger partial charge in [0.1, 0.15) is 17.2 Å². The van der Waals surface area contributed by atoms with E-state index in [9.17, 15) is 9.59 Å². The summed E-state index contributed by atoms with van der Waals surface area (Å²) in [6.07, 6.45) is 0. The fourth-order valence-electron chi connectivity index (χ4n) is 3.56. The molecule has 1 aliphatic heterocycles. The number of carbonyl (C=O) groups excluding carboxylic acids is 2. The number of nitrogens with one attached hydrogen (secondary N) is 3. The maximum Gasteiger partial charge on any atom is 0.319 e. The van der Waals surface area contributed by atoms with Crippen LogP contribution in [0.5, 0.6) is 17.2 Å². The molecule has 1 aliphatic rings. The standard InChI is InChI=1S/C25H23N3O4/c1-16-22(24(29)27-20-13-6-7-14-21(20)31-2)23(28-25(30)26-16)17-9-8-12-19(15-17)32-18-10-4-3-5-11-18/h3-15,23H,1-2H3,(H,27,29)(H2,26,28,30). The number of carbonyl (C=O) groups is 2. The molecule has 1 unspecified atom stereocenters. The lowest BCUT2D eigenvalue weighted by molar-refractivity contribution is -0.113. The van der Waals surface area contributed by atoms with Crippen LogP contribution in [0.2, 0.25) is 0 Å². The Morgan fingerprint density at radius 3 is 2.44 bits per heavy atom. The Morgan fingerprint density at radius 2 is 1.66 bits per heavy atom. The number of amides is 3. The lowest BCUT2D eigenvalue weighted by atomic mass is 9.94. The van der Waals surface area contributed by atoms with E-state index in [-0.39, 0.29) is 11.9 Å². The highest BCUT2D eigenvalue weighted by Gasteiger charge is 2.31. The van der Waals surface area contributed by atoms with Gasteiger partial charge in [0, 0.05) is 5.70 Å². The Labute approximate surface area is 186 Å². The molecule has 3 aromatic carbocycles. The second kappa shape index (κ2) is 9.26. The quantitative estimate of drug-likeness (QED) is 0.527. The number of allylic oxidation sites excluding steroid dienone is 1. The molecule has 0 bridgehead atoms. The van der Waals surface area contributed by atoms with Gasteiger partial charge in [-0.25, -0.2) is 4.79 Å². The van der Waals surface area contributed by atoms with E-state index in [4.69, 9.17) is 9.47 Å². The fraction of sp³-hybridized carbons (Fsp3) is 0.120. The van der Waals surface area contributed by atoms with Gasteiger partial charge in [-0.3, -0.25) is 4.79 Å². The minimum Gasteiger partial charge on any atom is -0.495 e. The maximum atomic E-state index is 13.3. The van der Waals surface area contributed by atoms with Gasteiger partial charge >= 0.3 is 6.03 Å². The number of anilines is 1. The number of urea groups is 1. The topological polar surface area (TPSA) is 88.7 Å². The summed E-state index contributed by atoms with van der Waals surface area (Å²) in [5.41, 5.74) is 2.13. The van der Waals surface area contributed by atoms with E-state index < -0.39 is 6.04 Å². The molecule has 4 rings (SSSR count). The van der Waals surface area contributed by atoms with Gasteiger partial charge in [-0.2, -0.15) is 0 Å². The normalized spacial score (nSPS) is 15.4. The molecule has 3 amide bonds. The number of methoxy groups -OCH3 is 1. The van der Waals surface area contributed by atoms with E-state index in [2.05, 4.69) is 16.0 Å². The molecular weight excluding hydrogens is 406 g/mol. The Morgan fingerprint density at radius 1 is 0.938 bits per heavy atom. The third kappa shape index (κ3) is 4.57. The number of rotatable bonds is 6. The number of para-hydroxylation sites is 3. The minimum absolute atomic E-state index is 0.348. The van der Waals surface area contributed by atoms with E-state index in [0.717, 1.165) is 5.56 Å². The van der Waals surface area contributed by atoms with Gasteiger partial charge < -0.3 is 25.4 Å². The first kappa shape index (κ1) is 21.0. The van der Waals surface area contributed by atoms with Crippen molar-refractivity contribution in [2.75, 3.05) is 12.4 Å². The van der Waals surface area contributed by atoms with Crippen LogP contribution in [-0.4, -0.2) is 19.0 Å². The van der Waals surface area contributed by atoms with Crippen LogP contribution in [0.4, 0.5) is 10.5 Å². The van der Waals surface area contributed by atoms with Gasteiger partial charge in [0.15, 0.2) is 0 Å². The summed E-state index contributed by atoms with van der Waals surface area (Å²) < 4.78 is 11.3. The number of benzene rings is 3. The van der Waals surface area contributed by atoms with Gasteiger partial charge in [0.25, 0.3) is 5.91 Å². The first-order chi connectivity index (χ1) is 15.5. The maximum absolute atomic E-state index is 13.3. The number of ether oxygens (including phenoxy) is 2. The third-order valence-electron chi connectivity index (χ3n) is 5.04. The zero-order chi connectivity index (χ0) is 22.5. The first-order valence-electron chi connectivity index (χ1n) is 10.1. The van der Waals surface area contributed by atoms with E-state index in [0.29, 0.717) is 34.2 Å². The van der Waals surface area contributed by atoms with Crippen LogP contribution in [0.15, 0.2) is 90.1 Å². The average Bonchev–Trinajstić information content (AvgIpc) is 2.79. The number of hydrogen-bond donors (Lipinski definition) is 3. The Hall–Kier alpha value is -4.26. The lowest BCUT2D eigenvalue weighted by Gasteiger charge is -2.29. The summed E-state index contributed by atoms with van der Waals surface area (Å²) in [5.74, 6) is 1.49. The van der Waals surface area contributed by atoms with Crippen molar-refractivity contribution in [3.05, 3.63) is 95.7 Å². The largest absolute Gasteiger partial charge is 0.495 e. The molecule has 0 saturated heterocycles. The van der Waals surface area contributed by atoms with Crippen LogP contribution in [0, 0.1) is 0 Å². The van der Waals surface area contributed by atoms with Crippen LogP contribution in [-0.2, 0) is 4.79 Å². The monoisotopic (exact) mass is 429 g/mol. The third-order valence-corrected chi connectivity index (χ3v) is 5.04. The van der Waals surface area contributed by atoms with Crippen LogP contribution in [0.25, 0.3) is 0 Å². The molecule has 162 valence electrons. The molecule has 32 heavy (non-hydrogen) atoms. The molecule has 3 N–H and O–H groups in total. The summed E-state index contributed by atoms with van der Waals surface area (Å²) in [6, 6.07) is 22.8. The molecule has 0 aromatic heterocycles. The fourth-order valence-corrected chi connectivity index (χ4v) is 3.56. The van der Waals surface area contributed by atoms with Crippen LogP contribution >= 0.6 is 0 Å². The van der Waals surface area contributed by atoms with Gasteiger partial charge in [-0.05, 0) is 48.9 Å². The van der Waals surface area contributed by atoms with E-state index >= 15 is 0 Å². The highest BCUT2D eigenvalue weighted by Crippen LogP contribution is 2.32. The molecule has 3 aromatic rings. The molecule has 1 atom stereocenters. The smallest absolute Gasteiger partial charge is 0.319 e. The Bertz CT molecular complexity index is 1170. The SMILES string of the molecule is COc1ccccc1NC(=O)C1=C(C)NC(=O)NC1c1cccc(Oc2ccccc2)c1. The summed E-state index contributed by atoms with van der Waals surface area (Å²) in [7, 11) is 1.54. The van der Waals surface area contributed by atoms with Crippen LogP contribution in [0.1, 0.15) is 18.5 Å². The zero-order valence-electron chi connectivity index (χ0n) is 17.7. The molecule has 7 nitrogen and oxygen atoms in total.